The van der Waals surface area contributed by atoms with Gasteiger partial charge in [0.1, 0.15) is 0 Å². The largest absolute Gasteiger partial charge is 0.272 e. The summed E-state index contributed by atoms with van der Waals surface area (Å²) < 4.78 is 0. The number of nitro groups is 1. The fourth-order valence-corrected chi connectivity index (χ4v) is 2.78. The third-order valence-electron chi connectivity index (χ3n) is 3.23. The average molecular weight is 343 g/mol. The predicted octanol–water partition coefficient (Wildman–Crippen LogP) is 3.62. The van der Waals surface area contributed by atoms with Crippen LogP contribution in [0.1, 0.15) is 19.4 Å². The van der Waals surface area contributed by atoms with E-state index in [1.54, 1.807) is 26.0 Å². The molecule has 2 rings (SSSR count). The molecule has 0 aliphatic rings. The third-order valence-corrected chi connectivity index (χ3v) is 4.35. The van der Waals surface area contributed by atoms with Crippen molar-refractivity contribution < 1.29 is 9.72 Å². The fourth-order valence-electron chi connectivity index (χ4n) is 1.90. The molecule has 6 nitrogen and oxygen atoms in total. The minimum absolute atomic E-state index is 0.0126. The van der Waals surface area contributed by atoms with Crippen molar-refractivity contribution in [3.05, 3.63) is 70.3 Å². The minimum Gasteiger partial charge on any atom is -0.272 e. The van der Waals surface area contributed by atoms with E-state index < -0.39 is 4.92 Å². The summed E-state index contributed by atoms with van der Waals surface area (Å²) in [5, 5.41) is 14.5. The van der Waals surface area contributed by atoms with Gasteiger partial charge in [-0.3, -0.25) is 14.9 Å². The highest BCUT2D eigenvalue weighted by molar-refractivity contribution is 8.00. The molecule has 0 saturated heterocycles. The van der Waals surface area contributed by atoms with Crippen molar-refractivity contribution in [2.75, 3.05) is 0 Å². The van der Waals surface area contributed by atoms with Crippen LogP contribution in [0.2, 0.25) is 0 Å². The van der Waals surface area contributed by atoms with E-state index in [0.29, 0.717) is 11.3 Å². The summed E-state index contributed by atoms with van der Waals surface area (Å²) in [6, 6.07) is 15.7. The Labute approximate surface area is 144 Å². The summed E-state index contributed by atoms with van der Waals surface area (Å²) in [5.74, 6) is -0.228. The van der Waals surface area contributed by atoms with Gasteiger partial charge in [-0.25, -0.2) is 5.43 Å². The van der Waals surface area contributed by atoms with E-state index >= 15 is 0 Å². The number of hydrazone groups is 1. The second kappa shape index (κ2) is 8.26. The molecule has 124 valence electrons. The van der Waals surface area contributed by atoms with E-state index in [0.717, 1.165) is 4.90 Å². The van der Waals surface area contributed by atoms with E-state index in [2.05, 4.69) is 10.5 Å². The van der Waals surface area contributed by atoms with Gasteiger partial charge in [0.25, 0.3) is 11.6 Å². The highest BCUT2D eigenvalue weighted by Gasteiger charge is 2.14. The number of amides is 1. The highest BCUT2D eigenvalue weighted by atomic mass is 32.2. The Morgan fingerprint density at radius 3 is 2.58 bits per heavy atom. The number of carbonyl (C=O) groups excluding carboxylic acids is 1. The van der Waals surface area contributed by atoms with Gasteiger partial charge in [0, 0.05) is 22.6 Å². The van der Waals surface area contributed by atoms with Crippen LogP contribution in [0, 0.1) is 10.1 Å². The number of nitro benzene ring substituents is 1. The lowest BCUT2D eigenvalue weighted by Gasteiger charge is -2.10. The standard InChI is InChI=1S/C17H17N3O3S/c1-12(14-7-6-8-15(11-14)20(22)23)18-19-17(21)13(2)24-16-9-4-3-5-10-16/h3-11,13H,1-2H3,(H,19,21)/b18-12-/t13-/m1/s1. The summed E-state index contributed by atoms with van der Waals surface area (Å²) >= 11 is 1.43. The lowest BCUT2D eigenvalue weighted by Crippen LogP contribution is -2.27. The van der Waals surface area contributed by atoms with Crippen LogP contribution in [0.3, 0.4) is 0 Å². The maximum absolute atomic E-state index is 12.1. The maximum atomic E-state index is 12.1. The van der Waals surface area contributed by atoms with E-state index in [1.165, 1.54) is 23.9 Å². The number of rotatable bonds is 6. The van der Waals surface area contributed by atoms with Gasteiger partial charge >= 0.3 is 0 Å². The van der Waals surface area contributed by atoms with Crippen molar-refractivity contribution in [2.24, 2.45) is 5.10 Å². The molecular weight excluding hydrogens is 326 g/mol. The van der Waals surface area contributed by atoms with Crippen molar-refractivity contribution in [3.8, 4) is 0 Å². The topological polar surface area (TPSA) is 84.6 Å². The number of non-ortho nitro benzene ring substituents is 1. The van der Waals surface area contributed by atoms with Crippen molar-refractivity contribution in [2.45, 2.75) is 24.0 Å². The molecule has 1 amide bonds. The summed E-state index contributed by atoms with van der Waals surface area (Å²) in [6.45, 7) is 3.49. The number of hydrogen-bond donors (Lipinski definition) is 1. The van der Waals surface area contributed by atoms with Gasteiger partial charge in [-0.2, -0.15) is 5.10 Å². The van der Waals surface area contributed by atoms with E-state index in [-0.39, 0.29) is 16.8 Å². The predicted molar refractivity (Wildman–Crippen MR) is 95.2 cm³/mol. The molecule has 0 aliphatic heterocycles. The number of nitrogens with one attached hydrogen (secondary N) is 1. The first-order valence-electron chi connectivity index (χ1n) is 7.28. The first kappa shape index (κ1) is 17.7. The summed E-state index contributed by atoms with van der Waals surface area (Å²) in [7, 11) is 0. The molecule has 0 bridgehead atoms. The quantitative estimate of drug-likeness (QED) is 0.376. The Morgan fingerprint density at radius 1 is 1.21 bits per heavy atom. The lowest BCUT2D eigenvalue weighted by atomic mass is 10.1. The molecule has 0 aliphatic carbocycles. The Morgan fingerprint density at radius 2 is 1.92 bits per heavy atom. The van der Waals surface area contributed by atoms with E-state index in [4.69, 9.17) is 0 Å². The van der Waals surface area contributed by atoms with Gasteiger partial charge in [0.05, 0.1) is 15.9 Å². The second-order valence-corrected chi connectivity index (χ2v) is 6.47. The van der Waals surface area contributed by atoms with Crippen LogP contribution in [0.15, 0.2) is 64.6 Å². The van der Waals surface area contributed by atoms with Gasteiger partial charge in [-0.15, -0.1) is 11.8 Å². The molecule has 1 atom stereocenters. The van der Waals surface area contributed by atoms with Gasteiger partial charge < -0.3 is 0 Å². The molecule has 0 spiro atoms. The smallest absolute Gasteiger partial charge is 0.270 e. The van der Waals surface area contributed by atoms with Crippen LogP contribution in [0.4, 0.5) is 5.69 Å². The molecule has 0 aromatic heterocycles. The zero-order chi connectivity index (χ0) is 17.5. The number of hydrogen-bond acceptors (Lipinski definition) is 5. The zero-order valence-electron chi connectivity index (χ0n) is 13.3. The Hall–Kier alpha value is -2.67. The van der Waals surface area contributed by atoms with Crippen molar-refractivity contribution in [1.82, 2.24) is 5.43 Å². The summed E-state index contributed by atoms with van der Waals surface area (Å²) in [5.41, 5.74) is 3.59. The van der Waals surface area contributed by atoms with Crippen molar-refractivity contribution in [1.29, 1.82) is 0 Å². The second-order valence-electron chi connectivity index (χ2n) is 5.05. The van der Waals surface area contributed by atoms with Crippen LogP contribution >= 0.6 is 11.8 Å². The number of thioether (sulfide) groups is 1. The highest BCUT2D eigenvalue weighted by Crippen LogP contribution is 2.22. The molecule has 7 heteroatoms. The van der Waals surface area contributed by atoms with E-state index in [1.807, 2.05) is 30.3 Å². The Bertz CT molecular complexity index is 763. The number of carbonyl (C=O) groups is 1. The van der Waals surface area contributed by atoms with Crippen LogP contribution < -0.4 is 5.43 Å². The first-order chi connectivity index (χ1) is 11.5. The molecule has 2 aromatic rings. The van der Waals surface area contributed by atoms with Crippen LogP contribution in [0.5, 0.6) is 0 Å². The van der Waals surface area contributed by atoms with Gasteiger partial charge in [0.15, 0.2) is 0 Å². The maximum Gasteiger partial charge on any atom is 0.270 e. The molecular formula is C17H17N3O3S. The van der Waals surface area contributed by atoms with Gasteiger partial charge in [0.2, 0.25) is 0 Å². The Balaban J connectivity index is 1.99. The third kappa shape index (κ3) is 4.92. The monoisotopic (exact) mass is 343 g/mol. The molecule has 1 N–H and O–H groups in total. The molecule has 0 unspecified atom stereocenters. The molecule has 0 heterocycles. The SMILES string of the molecule is C/C(=N/NC(=O)[C@@H](C)Sc1ccccc1)c1cccc([N+](=O)[O-])c1. The van der Waals surface area contributed by atoms with Crippen molar-refractivity contribution >= 4 is 29.1 Å². The molecule has 0 radical (unpaired) electrons. The Kier molecular flexibility index (Phi) is 6.08. The van der Waals surface area contributed by atoms with E-state index in [9.17, 15) is 14.9 Å². The molecule has 2 aromatic carbocycles. The molecule has 24 heavy (non-hydrogen) atoms. The normalized spacial score (nSPS) is 12.5. The minimum atomic E-state index is -0.464. The van der Waals surface area contributed by atoms with Crippen LogP contribution in [-0.2, 0) is 4.79 Å². The average Bonchev–Trinajstić information content (AvgIpc) is 2.60. The summed E-state index contributed by atoms with van der Waals surface area (Å²) in [4.78, 5) is 23.4. The van der Waals surface area contributed by atoms with Gasteiger partial charge in [-0.05, 0) is 26.0 Å². The number of benzene rings is 2. The summed E-state index contributed by atoms with van der Waals surface area (Å²) in [6.07, 6.45) is 0. The fraction of sp³-hybridized carbons (Fsp3) is 0.176. The van der Waals surface area contributed by atoms with Crippen LogP contribution in [-0.4, -0.2) is 21.8 Å². The molecule has 0 fully saturated rings. The first-order valence-corrected chi connectivity index (χ1v) is 8.16. The van der Waals surface area contributed by atoms with Crippen molar-refractivity contribution in [3.63, 3.8) is 0 Å². The van der Waals surface area contributed by atoms with Crippen LogP contribution in [0.25, 0.3) is 0 Å². The lowest BCUT2D eigenvalue weighted by molar-refractivity contribution is -0.384. The van der Waals surface area contributed by atoms with Gasteiger partial charge in [-0.1, -0.05) is 30.3 Å². The molecule has 0 saturated carbocycles. The number of nitrogens with zero attached hydrogens (tertiary/aromatic N) is 2. The zero-order valence-corrected chi connectivity index (χ0v) is 14.1.